The number of nitrogens with two attached hydrogens (primary N) is 1. The summed E-state index contributed by atoms with van der Waals surface area (Å²) in [4.78, 5) is 8.08. The molecule has 2 N–H and O–H groups in total. The Morgan fingerprint density at radius 2 is 1.90 bits per heavy atom. The minimum atomic E-state index is -0.0689. The van der Waals surface area contributed by atoms with Crippen LogP contribution in [0.3, 0.4) is 0 Å². The third kappa shape index (κ3) is 1.51. The van der Waals surface area contributed by atoms with Crippen LogP contribution in [0.15, 0.2) is 12.4 Å². The molecule has 1 aromatic heterocycles. The average molecular weight is 137 g/mol. The van der Waals surface area contributed by atoms with Crippen LogP contribution < -0.4 is 5.73 Å². The number of nitrogens with zero attached hydrogens (tertiary/aromatic N) is 2. The van der Waals surface area contributed by atoms with Gasteiger partial charge in [0.2, 0.25) is 0 Å². The molecule has 0 aliphatic carbocycles. The van der Waals surface area contributed by atoms with E-state index in [2.05, 4.69) is 9.97 Å². The van der Waals surface area contributed by atoms with E-state index in [0.717, 1.165) is 5.56 Å². The van der Waals surface area contributed by atoms with Crippen molar-refractivity contribution in [3.63, 3.8) is 0 Å². The minimum Gasteiger partial charge on any atom is -0.322 e. The van der Waals surface area contributed by atoms with E-state index in [1.165, 1.54) is 0 Å². The predicted molar refractivity (Wildman–Crippen MR) is 39.4 cm³/mol. The largest absolute Gasteiger partial charge is 0.322 e. The van der Waals surface area contributed by atoms with Crippen LogP contribution in [0.1, 0.15) is 24.4 Å². The predicted octanol–water partition coefficient (Wildman–Crippen LogP) is 0.805. The molecule has 0 spiro atoms. The number of rotatable bonds is 1. The van der Waals surface area contributed by atoms with Gasteiger partial charge in [0.25, 0.3) is 0 Å². The SMILES string of the molecule is Cc1cnc([C@@H](C)N)nc1. The molecule has 1 aromatic rings. The average Bonchev–Trinajstić information content (AvgIpc) is 1.88. The molecular formula is C7H11N3. The minimum absolute atomic E-state index is 0.0689. The van der Waals surface area contributed by atoms with Crippen molar-refractivity contribution in [3.05, 3.63) is 23.8 Å². The van der Waals surface area contributed by atoms with Gasteiger partial charge >= 0.3 is 0 Å². The summed E-state index contributed by atoms with van der Waals surface area (Å²) in [5.74, 6) is 0.700. The summed E-state index contributed by atoms with van der Waals surface area (Å²) in [6, 6.07) is -0.0689. The van der Waals surface area contributed by atoms with Crippen molar-refractivity contribution < 1.29 is 0 Å². The fraction of sp³-hybridized carbons (Fsp3) is 0.429. The second kappa shape index (κ2) is 2.75. The summed E-state index contributed by atoms with van der Waals surface area (Å²) in [5.41, 5.74) is 6.60. The Labute approximate surface area is 60.3 Å². The van der Waals surface area contributed by atoms with Crippen molar-refractivity contribution in [2.24, 2.45) is 5.73 Å². The molecule has 3 nitrogen and oxygen atoms in total. The Bertz CT molecular complexity index is 203. The van der Waals surface area contributed by atoms with Gasteiger partial charge in [0, 0.05) is 12.4 Å². The van der Waals surface area contributed by atoms with Crippen molar-refractivity contribution >= 4 is 0 Å². The van der Waals surface area contributed by atoms with Crippen molar-refractivity contribution in [2.45, 2.75) is 19.9 Å². The summed E-state index contributed by atoms with van der Waals surface area (Å²) in [6.07, 6.45) is 3.54. The molecule has 1 heterocycles. The Balaban J connectivity index is 2.89. The van der Waals surface area contributed by atoms with E-state index in [1.54, 1.807) is 12.4 Å². The molecule has 0 bridgehead atoms. The van der Waals surface area contributed by atoms with Gasteiger partial charge in [-0.05, 0) is 19.4 Å². The van der Waals surface area contributed by atoms with E-state index >= 15 is 0 Å². The molecule has 0 saturated carbocycles. The van der Waals surface area contributed by atoms with Gasteiger partial charge in [-0.3, -0.25) is 0 Å². The standard InChI is InChI=1S/C7H11N3/c1-5-3-9-7(6(2)8)10-4-5/h3-4,6H,8H2,1-2H3/t6-/m1/s1. The fourth-order valence-corrected chi connectivity index (χ4v) is 0.638. The molecule has 0 fully saturated rings. The summed E-state index contributed by atoms with van der Waals surface area (Å²) in [5, 5.41) is 0. The van der Waals surface area contributed by atoms with Gasteiger partial charge in [0.1, 0.15) is 5.82 Å². The molecule has 3 heteroatoms. The zero-order valence-electron chi connectivity index (χ0n) is 6.20. The van der Waals surface area contributed by atoms with Gasteiger partial charge in [0.15, 0.2) is 0 Å². The maximum absolute atomic E-state index is 5.54. The summed E-state index contributed by atoms with van der Waals surface area (Å²) in [6.45, 7) is 3.82. The summed E-state index contributed by atoms with van der Waals surface area (Å²) >= 11 is 0. The first-order valence-corrected chi connectivity index (χ1v) is 3.24. The van der Waals surface area contributed by atoms with E-state index in [1.807, 2.05) is 13.8 Å². The topological polar surface area (TPSA) is 51.8 Å². The molecule has 54 valence electrons. The van der Waals surface area contributed by atoms with E-state index in [4.69, 9.17) is 5.73 Å². The molecule has 1 rings (SSSR count). The van der Waals surface area contributed by atoms with E-state index < -0.39 is 0 Å². The fourth-order valence-electron chi connectivity index (χ4n) is 0.638. The van der Waals surface area contributed by atoms with Crippen molar-refractivity contribution in [3.8, 4) is 0 Å². The lowest BCUT2D eigenvalue weighted by Gasteiger charge is -2.01. The first-order valence-electron chi connectivity index (χ1n) is 3.24. The highest BCUT2D eigenvalue weighted by atomic mass is 14.9. The Hall–Kier alpha value is -0.960. The first kappa shape index (κ1) is 7.15. The second-order valence-electron chi connectivity index (χ2n) is 2.41. The molecule has 10 heavy (non-hydrogen) atoms. The maximum atomic E-state index is 5.54. The molecule has 0 saturated heterocycles. The normalized spacial score (nSPS) is 13.1. The van der Waals surface area contributed by atoms with Crippen LogP contribution in [0.5, 0.6) is 0 Å². The highest BCUT2D eigenvalue weighted by Crippen LogP contribution is 2.00. The summed E-state index contributed by atoms with van der Waals surface area (Å²) in [7, 11) is 0. The molecule has 0 unspecified atom stereocenters. The van der Waals surface area contributed by atoms with Crippen LogP contribution in [-0.4, -0.2) is 9.97 Å². The highest BCUT2D eigenvalue weighted by Gasteiger charge is 1.99. The van der Waals surface area contributed by atoms with Crippen molar-refractivity contribution in [1.82, 2.24) is 9.97 Å². The molecule has 0 amide bonds. The zero-order chi connectivity index (χ0) is 7.56. The van der Waals surface area contributed by atoms with E-state index in [-0.39, 0.29) is 6.04 Å². The van der Waals surface area contributed by atoms with Crippen LogP contribution in [0.25, 0.3) is 0 Å². The smallest absolute Gasteiger partial charge is 0.144 e. The molecule has 0 aliphatic heterocycles. The maximum Gasteiger partial charge on any atom is 0.144 e. The number of hydrogen-bond acceptors (Lipinski definition) is 3. The van der Waals surface area contributed by atoms with Crippen LogP contribution >= 0.6 is 0 Å². The van der Waals surface area contributed by atoms with Crippen LogP contribution in [0, 0.1) is 6.92 Å². The highest BCUT2D eigenvalue weighted by molar-refractivity contribution is 5.03. The quantitative estimate of drug-likeness (QED) is 0.623. The summed E-state index contributed by atoms with van der Waals surface area (Å²) < 4.78 is 0. The molecule has 0 radical (unpaired) electrons. The lowest BCUT2D eigenvalue weighted by atomic mass is 10.3. The Kier molecular flexibility index (Phi) is 1.97. The van der Waals surface area contributed by atoms with Crippen LogP contribution in [0.2, 0.25) is 0 Å². The van der Waals surface area contributed by atoms with Gasteiger partial charge in [-0.2, -0.15) is 0 Å². The molecular weight excluding hydrogens is 126 g/mol. The lowest BCUT2D eigenvalue weighted by molar-refractivity contribution is 0.736. The molecule has 1 atom stereocenters. The van der Waals surface area contributed by atoms with Crippen LogP contribution in [0.4, 0.5) is 0 Å². The van der Waals surface area contributed by atoms with Gasteiger partial charge in [-0.15, -0.1) is 0 Å². The van der Waals surface area contributed by atoms with Crippen LogP contribution in [-0.2, 0) is 0 Å². The Morgan fingerprint density at radius 1 is 1.40 bits per heavy atom. The Morgan fingerprint density at radius 3 is 2.30 bits per heavy atom. The molecule has 0 aliphatic rings. The van der Waals surface area contributed by atoms with Gasteiger partial charge in [0.05, 0.1) is 6.04 Å². The van der Waals surface area contributed by atoms with Gasteiger partial charge in [-0.1, -0.05) is 0 Å². The third-order valence-corrected chi connectivity index (χ3v) is 1.21. The van der Waals surface area contributed by atoms with Gasteiger partial charge < -0.3 is 5.73 Å². The number of aryl methyl sites for hydroxylation is 1. The van der Waals surface area contributed by atoms with Gasteiger partial charge in [-0.25, -0.2) is 9.97 Å². The van der Waals surface area contributed by atoms with E-state index in [9.17, 15) is 0 Å². The third-order valence-electron chi connectivity index (χ3n) is 1.21. The zero-order valence-corrected chi connectivity index (χ0v) is 6.20. The second-order valence-corrected chi connectivity index (χ2v) is 2.41. The number of hydrogen-bond donors (Lipinski definition) is 1. The van der Waals surface area contributed by atoms with Crippen molar-refractivity contribution in [2.75, 3.05) is 0 Å². The van der Waals surface area contributed by atoms with E-state index in [0.29, 0.717) is 5.82 Å². The number of aromatic nitrogens is 2. The molecule has 0 aromatic carbocycles. The monoisotopic (exact) mass is 137 g/mol. The first-order chi connectivity index (χ1) is 4.70. The van der Waals surface area contributed by atoms with Crippen molar-refractivity contribution in [1.29, 1.82) is 0 Å². The lowest BCUT2D eigenvalue weighted by Crippen LogP contribution is -2.09.